The summed E-state index contributed by atoms with van der Waals surface area (Å²) in [5.74, 6) is -0.331. The van der Waals surface area contributed by atoms with Gasteiger partial charge in [0.1, 0.15) is 0 Å². The molecule has 5 nitrogen and oxygen atoms in total. The average molecular weight is 346 g/mol. The highest BCUT2D eigenvalue weighted by Gasteiger charge is 2.19. The highest BCUT2D eigenvalue weighted by Crippen LogP contribution is 2.20. The lowest BCUT2D eigenvalue weighted by Crippen LogP contribution is -2.22. The summed E-state index contributed by atoms with van der Waals surface area (Å²) in [6.45, 7) is 3.97. The number of carbonyl (C=O) groups excluding carboxylic acids is 1. The predicted molar refractivity (Wildman–Crippen MR) is 95.8 cm³/mol. The second kappa shape index (κ2) is 7.15. The predicted octanol–water partition coefficient (Wildman–Crippen LogP) is 3.06. The first-order valence-electron chi connectivity index (χ1n) is 7.69. The zero-order valence-electron chi connectivity index (χ0n) is 14.3. The maximum atomic E-state index is 12.5. The molecule has 1 N–H and O–H groups in total. The molecule has 2 rings (SSSR count). The third kappa shape index (κ3) is 3.83. The number of anilines is 1. The zero-order chi connectivity index (χ0) is 17.9. The van der Waals surface area contributed by atoms with Crippen molar-refractivity contribution in [3.05, 3.63) is 59.2 Å². The van der Waals surface area contributed by atoms with Crippen molar-refractivity contribution in [2.45, 2.75) is 25.2 Å². The number of aryl methyl sites for hydroxylation is 2. The van der Waals surface area contributed by atoms with Crippen molar-refractivity contribution in [3.8, 4) is 0 Å². The molecule has 128 valence electrons. The number of rotatable bonds is 5. The molecular formula is C18H22N2O3S. The normalized spacial score (nSPS) is 11.5. The number of nitrogens with one attached hydrogen (secondary N) is 1. The van der Waals surface area contributed by atoms with Crippen molar-refractivity contribution in [2.24, 2.45) is 0 Å². The Labute approximate surface area is 143 Å². The highest BCUT2D eigenvalue weighted by atomic mass is 32.2. The van der Waals surface area contributed by atoms with Gasteiger partial charge in [-0.05, 0) is 48.7 Å². The van der Waals surface area contributed by atoms with Crippen LogP contribution in [0.3, 0.4) is 0 Å². The number of sulfonamides is 1. The Balaban J connectivity index is 2.32. The molecule has 24 heavy (non-hydrogen) atoms. The smallest absolute Gasteiger partial charge is 0.255 e. The molecule has 0 heterocycles. The van der Waals surface area contributed by atoms with E-state index in [1.54, 1.807) is 12.1 Å². The Morgan fingerprint density at radius 2 is 1.83 bits per heavy atom. The molecule has 2 aromatic carbocycles. The molecule has 2 aromatic rings. The summed E-state index contributed by atoms with van der Waals surface area (Å²) in [5, 5.41) is 2.86. The fourth-order valence-electron chi connectivity index (χ4n) is 2.23. The van der Waals surface area contributed by atoms with Crippen LogP contribution in [0.15, 0.2) is 47.4 Å². The fourth-order valence-corrected chi connectivity index (χ4v) is 3.17. The number of benzene rings is 2. The fraction of sp³-hybridized carbons (Fsp3) is 0.278. The monoisotopic (exact) mass is 346 g/mol. The molecule has 0 aliphatic carbocycles. The van der Waals surface area contributed by atoms with Crippen LogP contribution < -0.4 is 5.32 Å². The van der Waals surface area contributed by atoms with Gasteiger partial charge in [-0.25, -0.2) is 12.7 Å². The Morgan fingerprint density at radius 3 is 2.46 bits per heavy atom. The number of carbonyl (C=O) groups is 1. The molecular weight excluding hydrogens is 324 g/mol. The first kappa shape index (κ1) is 18.2. The molecule has 0 aromatic heterocycles. The van der Waals surface area contributed by atoms with Crippen LogP contribution in [0.2, 0.25) is 0 Å². The van der Waals surface area contributed by atoms with Gasteiger partial charge in [0, 0.05) is 25.3 Å². The lowest BCUT2D eigenvalue weighted by Gasteiger charge is -2.13. The second-order valence-corrected chi connectivity index (χ2v) is 7.92. The molecule has 0 radical (unpaired) electrons. The average Bonchev–Trinajstić information content (AvgIpc) is 2.56. The number of amides is 1. The van der Waals surface area contributed by atoms with E-state index < -0.39 is 10.0 Å². The molecule has 0 fully saturated rings. The van der Waals surface area contributed by atoms with Gasteiger partial charge in [-0.2, -0.15) is 0 Å². The summed E-state index contributed by atoms with van der Waals surface area (Å²) in [7, 11) is -0.651. The van der Waals surface area contributed by atoms with Gasteiger partial charge in [0.2, 0.25) is 10.0 Å². The zero-order valence-corrected chi connectivity index (χ0v) is 15.1. The van der Waals surface area contributed by atoms with E-state index in [9.17, 15) is 13.2 Å². The minimum absolute atomic E-state index is 0.0965. The van der Waals surface area contributed by atoms with E-state index in [4.69, 9.17) is 0 Å². The summed E-state index contributed by atoms with van der Waals surface area (Å²) in [5.41, 5.74) is 3.12. The third-order valence-corrected chi connectivity index (χ3v) is 5.64. The summed E-state index contributed by atoms with van der Waals surface area (Å²) in [4.78, 5) is 12.6. The molecule has 1 amide bonds. The lowest BCUT2D eigenvalue weighted by atomic mass is 10.1. The van der Waals surface area contributed by atoms with E-state index in [1.165, 1.54) is 26.2 Å². The minimum Gasteiger partial charge on any atom is -0.322 e. The van der Waals surface area contributed by atoms with E-state index >= 15 is 0 Å². The molecule has 0 saturated heterocycles. The lowest BCUT2D eigenvalue weighted by molar-refractivity contribution is 0.102. The van der Waals surface area contributed by atoms with Crippen molar-refractivity contribution < 1.29 is 13.2 Å². The van der Waals surface area contributed by atoms with Crippen LogP contribution in [-0.2, 0) is 16.4 Å². The first-order chi connectivity index (χ1) is 11.3. The van der Waals surface area contributed by atoms with Crippen LogP contribution in [0.4, 0.5) is 5.69 Å². The Hall–Kier alpha value is -2.18. The Morgan fingerprint density at radius 1 is 1.12 bits per heavy atom. The van der Waals surface area contributed by atoms with Crippen LogP contribution >= 0.6 is 0 Å². The molecule has 0 aliphatic rings. The third-order valence-electron chi connectivity index (χ3n) is 3.83. The number of nitrogens with zero attached hydrogens (tertiary/aromatic N) is 1. The topological polar surface area (TPSA) is 66.5 Å². The molecule has 0 bridgehead atoms. The summed E-state index contributed by atoms with van der Waals surface area (Å²) in [6.07, 6.45) is 0.875. The van der Waals surface area contributed by atoms with Gasteiger partial charge in [0.15, 0.2) is 0 Å². The van der Waals surface area contributed by atoms with Crippen molar-refractivity contribution in [3.63, 3.8) is 0 Å². The van der Waals surface area contributed by atoms with Gasteiger partial charge in [0.05, 0.1) is 4.90 Å². The van der Waals surface area contributed by atoms with Crippen LogP contribution in [0.25, 0.3) is 0 Å². The van der Waals surface area contributed by atoms with E-state index in [1.807, 2.05) is 32.0 Å². The summed E-state index contributed by atoms with van der Waals surface area (Å²) >= 11 is 0. The SMILES string of the molecule is CCc1ccc(C)c(NC(=O)c2cccc(S(=O)(=O)N(C)C)c2)c1. The summed E-state index contributed by atoms with van der Waals surface area (Å²) < 4.78 is 25.5. The molecule has 0 spiro atoms. The first-order valence-corrected chi connectivity index (χ1v) is 9.13. The van der Waals surface area contributed by atoms with Gasteiger partial charge in [-0.15, -0.1) is 0 Å². The van der Waals surface area contributed by atoms with Gasteiger partial charge in [0.25, 0.3) is 5.91 Å². The molecule has 0 aliphatic heterocycles. The number of hydrogen-bond donors (Lipinski definition) is 1. The van der Waals surface area contributed by atoms with Crippen molar-refractivity contribution >= 4 is 21.6 Å². The van der Waals surface area contributed by atoms with Gasteiger partial charge < -0.3 is 5.32 Å². The molecule has 6 heteroatoms. The maximum absolute atomic E-state index is 12.5. The second-order valence-electron chi connectivity index (χ2n) is 5.77. The van der Waals surface area contributed by atoms with E-state index in [0.717, 1.165) is 27.5 Å². The number of hydrogen-bond acceptors (Lipinski definition) is 3. The van der Waals surface area contributed by atoms with Crippen LogP contribution in [0.1, 0.15) is 28.4 Å². The van der Waals surface area contributed by atoms with Crippen molar-refractivity contribution in [2.75, 3.05) is 19.4 Å². The van der Waals surface area contributed by atoms with Gasteiger partial charge in [-0.1, -0.05) is 25.1 Å². The van der Waals surface area contributed by atoms with Gasteiger partial charge in [-0.3, -0.25) is 4.79 Å². The molecule has 0 atom stereocenters. The Bertz CT molecular complexity index is 858. The maximum Gasteiger partial charge on any atom is 0.255 e. The Kier molecular flexibility index (Phi) is 5.41. The molecule has 0 saturated carbocycles. The standard InChI is InChI=1S/C18H22N2O3S/c1-5-14-10-9-13(2)17(11-14)19-18(21)15-7-6-8-16(12-15)24(22,23)20(3)4/h6-12H,5H2,1-4H3,(H,19,21). The van der Waals surface area contributed by atoms with Crippen LogP contribution in [0.5, 0.6) is 0 Å². The highest BCUT2D eigenvalue weighted by molar-refractivity contribution is 7.89. The minimum atomic E-state index is -3.57. The van der Waals surface area contributed by atoms with Crippen molar-refractivity contribution in [1.82, 2.24) is 4.31 Å². The van der Waals surface area contributed by atoms with E-state index in [-0.39, 0.29) is 10.8 Å². The summed E-state index contributed by atoms with van der Waals surface area (Å²) in [6, 6.07) is 12.0. The molecule has 0 unspecified atom stereocenters. The van der Waals surface area contributed by atoms with Crippen LogP contribution in [-0.4, -0.2) is 32.7 Å². The van der Waals surface area contributed by atoms with E-state index in [2.05, 4.69) is 5.32 Å². The van der Waals surface area contributed by atoms with Gasteiger partial charge >= 0.3 is 0 Å². The largest absolute Gasteiger partial charge is 0.322 e. The van der Waals surface area contributed by atoms with Crippen molar-refractivity contribution in [1.29, 1.82) is 0 Å². The quantitative estimate of drug-likeness (QED) is 0.905. The van der Waals surface area contributed by atoms with E-state index in [0.29, 0.717) is 5.56 Å². The van der Waals surface area contributed by atoms with Crippen LogP contribution in [0, 0.1) is 6.92 Å².